The Balaban J connectivity index is 1.58. The third-order valence-corrected chi connectivity index (χ3v) is 7.08. The van der Waals surface area contributed by atoms with E-state index in [9.17, 15) is 0 Å². The molecule has 0 fully saturated rings. The van der Waals surface area contributed by atoms with Gasteiger partial charge in [-0.3, -0.25) is 4.57 Å². The molecule has 0 aliphatic heterocycles. The highest BCUT2D eigenvalue weighted by atomic mass is 15.1. The lowest BCUT2D eigenvalue weighted by Gasteiger charge is -2.25. The van der Waals surface area contributed by atoms with Gasteiger partial charge in [0.2, 0.25) is 0 Å². The number of nitrogens with zero attached hydrogens (tertiary/aromatic N) is 3. The highest BCUT2D eigenvalue weighted by Gasteiger charge is 2.21. The zero-order valence-electron chi connectivity index (χ0n) is 20.0. The molecular formula is C33H25N3. The van der Waals surface area contributed by atoms with Crippen molar-refractivity contribution < 1.29 is 0 Å². The van der Waals surface area contributed by atoms with Gasteiger partial charge in [0, 0.05) is 46.0 Å². The SMILES string of the molecule is Cn1c2ccccc2c2c3cc(N(c4ccccc4)c4ccccc4)ccc3n(-c3ccccc3)c21. The Morgan fingerprint density at radius 1 is 0.500 bits per heavy atom. The van der Waals surface area contributed by atoms with Crippen molar-refractivity contribution in [3.05, 3.63) is 133 Å². The fourth-order valence-corrected chi connectivity index (χ4v) is 5.52. The smallest absolute Gasteiger partial charge is 0.126 e. The first-order valence-corrected chi connectivity index (χ1v) is 12.3. The number of hydrogen-bond acceptors (Lipinski definition) is 1. The van der Waals surface area contributed by atoms with Crippen molar-refractivity contribution in [3.8, 4) is 5.69 Å². The van der Waals surface area contributed by atoms with Gasteiger partial charge in [0.25, 0.3) is 0 Å². The highest BCUT2D eigenvalue weighted by Crippen LogP contribution is 2.42. The van der Waals surface area contributed by atoms with Crippen LogP contribution in [0.15, 0.2) is 133 Å². The van der Waals surface area contributed by atoms with Gasteiger partial charge in [-0.25, -0.2) is 0 Å². The molecule has 0 amide bonds. The van der Waals surface area contributed by atoms with E-state index in [0.717, 1.165) is 17.1 Å². The Kier molecular flexibility index (Phi) is 4.68. The number of rotatable bonds is 4. The van der Waals surface area contributed by atoms with Gasteiger partial charge in [-0.1, -0.05) is 72.8 Å². The van der Waals surface area contributed by atoms with Crippen LogP contribution in [-0.4, -0.2) is 9.13 Å². The summed E-state index contributed by atoms with van der Waals surface area (Å²) in [6.45, 7) is 0. The topological polar surface area (TPSA) is 13.1 Å². The highest BCUT2D eigenvalue weighted by molar-refractivity contribution is 6.22. The predicted octanol–water partition coefficient (Wildman–Crippen LogP) is 8.75. The van der Waals surface area contributed by atoms with Crippen LogP contribution in [0.3, 0.4) is 0 Å². The van der Waals surface area contributed by atoms with Crippen LogP contribution < -0.4 is 4.90 Å². The predicted molar refractivity (Wildman–Crippen MR) is 152 cm³/mol. The van der Waals surface area contributed by atoms with Crippen molar-refractivity contribution in [1.82, 2.24) is 9.13 Å². The standard InChI is InChI=1S/C33H25N3/c1-34-30-20-12-11-19-28(30)32-29-23-27(21-22-31(29)36(33(32)34)26-17-9-4-10-18-26)35(24-13-5-2-6-14-24)25-15-7-3-8-16-25/h2-23H,1H3. The van der Waals surface area contributed by atoms with E-state index in [-0.39, 0.29) is 0 Å². The summed E-state index contributed by atoms with van der Waals surface area (Å²) in [7, 11) is 2.17. The monoisotopic (exact) mass is 463 g/mol. The minimum atomic E-state index is 1.14. The second kappa shape index (κ2) is 8.17. The van der Waals surface area contributed by atoms with E-state index in [2.05, 4.69) is 155 Å². The molecule has 0 radical (unpaired) electrons. The fraction of sp³-hybridized carbons (Fsp3) is 0.0303. The van der Waals surface area contributed by atoms with Gasteiger partial charge in [-0.2, -0.15) is 0 Å². The molecular weight excluding hydrogens is 438 g/mol. The Morgan fingerprint density at radius 2 is 1.08 bits per heavy atom. The van der Waals surface area contributed by atoms with Crippen LogP contribution in [-0.2, 0) is 7.05 Å². The first-order valence-electron chi connectivity index (χ1n) is 12.3. The minimum Gasteiger partial charge on any atom is -0.329 e. The number of aryl methyl sites for hydroxylation is 1. The lowest BCUT2D eigenvalue weighted by atomic mass is 10.1. The number of benzene rings is 5. The molecule has 0 atom stereocenters. The van der Waals surface area contributed by atoms with E-state index in [1.54, 1.807) is 0 Å². The molecule has 2 aromatic heterocycles. The summed E-state index contributed by atoms with van der Waals surface area (Å²) in [5.74, 6) is 0. The molecule has 7 rings (SSSR count). The molecule has 36 heavy (non-hydrogen) atoms. The maximum Gasteiger partial charge on any atom is 0.126 e. The number of hydrogen-bond donors (Lipinski definition) is 0. The summed E-state index contributed by atoms with van der Waals surface area (Å²) >= 11 is 0. The molecule has 0 bridgehead atoms. The van der Waals surface area contributed by atoms with Gasteiger partial charge < -0.3 is 9.47 Å². The van der Waals surface area contributed by atoms with E-state index in [0.29, 0.717) is 0 Å². The lowest BCUT2D eigenvalue weighted by Crippen LogP contribution is -2.09. The third kappa shape index (κ3) is 3.06. The van der Waals surface area contributed by atoms with Crippen LogP contribution >= 0.6 is 0 Å². The van der Waals surface area contributed by atoms with E-state index in [1.165, 1.54) is 38.5 Å². The molecule has 0 spiro atoms. The molecule has 0 saturated heterocycles. The molecule has 0 aliphatic carbocycles. The maximum atomic E-state index is 2.39. The van der Waals surface area contributed by atoms with Gasteiger partial charge in [-0.05, 0) is 60.7 Å². The van der Waals surface area contributed by atoms with Gasteiger partial charge in [0.15, 0.2) is 0 Å². The molecule has 0 saturated carbocycles. The normalized spacial score (nSPS) is 11.5. The lowest BCUT2D eigenvalue weighted by molar-refractivity contribution is 0.962. The summed E-state index contributed by atoms with van der Waals surface area (Å²) in [6.07, 6.45) is 0. The molecule has 5 aromatic carbocycles. The molecule has 172 valence electrons. The van der Waals surface area contributed by atoms with E-state index in [1.807, 2.05) is 0 Å². The van der Waals surface area contributed by atoms with Crippen molar-refractivity contribution in [2.24, 2.45) is 7.05 Å². The first kappa shape index (κ1) is 20.6. The molecule has 0 aliphatic rings. The molecule has 3 nitrogen and oxygen atoms in total. The van der Waals surface area contributed by atoms with Crippen LogP contribution in [0.5, 0.6) is 0 Å². The largest absolute Gasteiger partial charge is 0.329 e. The Labute approximate surface area is 210 Å². The minimum absolute atomic E-state index is 1.14. The summed E-state index contributed by atoms with van der Waals surface area (Å²) in [4.78, 5) is 2.33. The van der Waals surface area contributed by atoms with Crippen molar-refractivity contribution in [2.45, 2.75) is 0 Å². The van der Waals surface area contributed by atoms with Crippen molar-refractivity contribution in [2.75, 3.05) is 4.90 Å². The van der Waals surface area contributed by atoms with Crippen molar-refractivity contribution >= 4 is 49.9 Å². The third-order valence-electron chi connectivity index (χ3n) is 7.08. The zero-order chi connectivity index (χ0) is 24.1. The van der Waals surface area contributed by atoms with E-state index < -0.39 is 0 Å². The average molecular weight is 464 g/mol. The molecule has 0 unspecified atom stereocenters. The van der Waals surface area contributed by atoms with Crippen LogP contribution in [0.1, 0.15) is 0 Å². The van der Waals surface area contributed by atoms with Crippen LogP contribution in [0.25, 0.3) is 38.5 Å². The second-order valence-corrected chi connectivity index (χ2v) is 9.15. The van der Waals surface area contributed by atoms with Gasteiger partial charge in [0.1, 0.15) is 5.65 Å². The van der Waals surface area contributed by atoms with Crippen LogP contribution in [0, 0.1) is 0 Å². The Bertz CT molecular complexity index is 1790. The first-order chi connectivity index (χ1) is 17.8. The summed E-state index contributed by atoms with van der Waals surface area (Å²) in [5.41, 5.74) is 8.24. The summed E-state index contributed by atoms with van der Waals surface area (Å²) in [5, 5.41) is 3.81. The van der Waals surface area contributed by atoms with Gasteiger partial charge in [0.05, 0.1) is 11.0 Å². The van der Waals surface area contributed by atoms with E-state index in [4.69, 9.17) is 0 Å². The number of anilines is 3. The molecule has 7 aromatic rings. The quantitative estimate of drug-likeness (QED) is 0.254. The Morgan fingerprint density at radius 3 is 1.75 bits per heavy atom. The van der Waals surface area contributed by atoms with Crippen molar-refractivity contribution in [3.63, 3.8) is 0 Å². The van der Waals surface area contributed by atoms with Gasteiger partial charge >= 0.3 is 0 Å². The number of aromatic nitrogens is 2. The van der Waals surface area contributed by atoms with Gasteiger partial charge in [-0.15, -0.1) is 0 Å². The Hall–Kier alpha value is -4.76. The number of para-hydroxylation sites is 4. The number of fused-ring (bicyclic) bond motifs is 5. The average Bonchev–Trinajstić information content (AvgIpc) is 3.43. The summed E-state index contributed by atoms with van der Waals surface area (Å²) < 4.78 is 4.72. The van der Waals surface area contributed by atoms with Crippen molar-refractivity contribution in [1.29, 1.82) is 0 Å². The van der Waals surface area contributed by atoms with E-state index >= 15 is 0 Å². The molecule has 0 N–H and O–H groups in total. The molecule has 3 heteroatoms. The fourth-order valence-electron chi connectivity index (χ4n) is 5.52. The zero-order valence-corrected chi connectivity index (χ0v) is 20.0. The van der Waals surface area contributed by atoms with Crippen LogP contribution in [0.4, 0.5) is 17.1 Å². The van der Waals surface area contributed by atoms with Crippen LogP contribution in [0.2, 0.25) is 0 Å². The second-order valence-electron chi connectivity index (χ2n) is 9.15. The maximum absolute atomic E-state index is 2.39. The molecule has 2 heterocycles. The summed E-state index contributed by atoms with van der Waals surface area (Å²) in [6, 6.07) is 47.4.